The number of carbonyl (C=O) groups is 3. The van der Waals surface area contributed by atoms with Crippen LogP contribution < -0.4 is 4.90 Å². The van der Waals surface area contributed by atoms with Crippen LogP contribution in [0.25, 0.3) is 11.1 Å². The van der Waals surface area contributed by atoms with Crippen LogP contribution in [0.4, 0.5) is 17.1 Å². The number of aryl methyl sites for hydroxylation is 4. The third-order valence-electron chi connectivity index (χ3n) is 9.74. The molecule has 0 aliphatic rings. The molecule has 0 radical (unpaired) electrons. The molecule has 4 rings (SSSR count). The highest BCUT2D eigenvalue weighted by Crippen LogP contribution is 2.42. The van der Waals surface area contributed by atoms with Crippen molar-refractivity contribution < 1.29 is 28.6 Å². The van der Waals surface area contributed by atoms with E-state index in [0.717, 1.165) is 46.4 Å². The lowest BCUT2D eigenvalue weighted by molar-refractivity contribution is -0.171. The lowest BCUT2D eigenvalue weighted by atomic mass is 9.67. The molecular formula is C44H47NO6. The molecular weight excluding hydrogens is 638 g/mol. The molecule has 0 saturated carbocycles. The second kappa shape index (κ2) is 16.3. The number of carbonyl (C=O) groups excluding carboxylic acids is 3. The van der Waals surface area contributed by atoms with Gasteiger partial charge in [0.1, 0.15) is 23.7 Å². The van der Waals surface area contributed by atoms with Gasteiger partial charge < -0.3 is 19.1 Å². The van der Waals surface area contributed by atoms with Crippen LogP contribution >= 0.6 is 0 Å². The summed E-state index contributed by atoms with van der Waals surface area (Å²) < 4.78 is 17.2. The fourth-order valence-electron chi connectivity index (χ4n) is 6.59. The van der Waals surface area contributed by atoms with Crippen molar-refractivity contribution in [3.05, 3.63) is 151 Å². The summed E-state index contributed by atoms with van der Waals surface area (Å²) in [4.78, 5) is 39.7. The summed E-state index contributed by atoms with van der Waals surface area (Å²) in [7, 11) is 0. The van der Waals surface area contributed by atoms with Crippen LogP contribution in [0.3, 0.4) is 0 Å². The summed E-state index contributed by atoms with van der Waals surface area (Å²) in [6.45, 7) is 24.0. The Labute approximate surface area is 301 Å². The lowest BCUT2D eigenvalue weighted by Gasteiger charge is -2.45. The van der Waals surface area contributed by atoms with Crippen LogP contribution in [0.15, 0.2) is 123 Å². The van der Waals surface area contributed by atoms with Crippen molar-refractivity contribution in [1.29, 1.82) is 0 Å². The second-order valence-corrected chi connectivity index (χ2v) is 12.8. The molecule has 51 heavy (non-hydrogen) atoms. The molecule has 4 aromatic carbocycles. The summed E-state index contributed by atoms with van der Waals surface area (Å²) >= 11 is 0. The van der Waals surface area contributed by atoms with Gasteiger partial charge in [0.2, 0.25) is 0 Å². The molecule has 0 amide bonds. The molecule has 3 atom stereocenters. The highest BCUT2D eigenvalue weighted by atomic mass is 16.6. The largest absolute Gasteiger partial charge is 0.458 e. The quantitative estimate of drug-likeness (QED) is 0.0743. The van der Waals surface area contributed by atoms with E-state index in [9.17, 15) is 14.4 Å². The summed E-state index contributed by atoms with van der Waals surface area (Å²) in [6.07, 6.45) is 0.350. The maximum absolute atomic E-state index is 12.5. The van der Waals surface area contributed by atoms with Crippen molar-refractivity contribution >= 4 is 35.0 Å². The molecule has 4 aromatic rings. The Morgan fingerprint density at radius 3 is 1.20 bits per heavy atom. The van der Waals surface area contributed by atoms with Gasteiger partial charge in [0.05, 0.1) is 0 Å². The van der Waals surface area contributed by atoms with Gasteiger partial charge in [0.15, 0.2) is 0 Å². The van der Waals surface area contributed by atoms with Crippen molar-refractivity contribution in [2.45, 2.75) is 72.2 Å². The molecule has 7 nitrogen and oxygen atoms in total. The number of hydrogen-bond acceptors (Lipinski definition) is 7. The highest BCUT2D eigenvalue weighted by molar-refractivity contribution is 5.83. The zero-order chi connectivity index (χ0) is 37.5. The van der Waals surface area contributed by atoms with Gasteiger partial charge in [-0.15, -0.1) is 0 Å². The van der Waals surface area contributed by atoms with E-state index in [1.165, 1.54) is 22.3 Å². The molecule has 0 bridgehead atoms. The van der Waals surface area contributed by atoms with Gasteiger partial charge >= 0.3 is 17.9 Å². The molecule has 0 spiro atoms. The first kappa shape index (κ1) is 38.1. The van der Waals surface area contributed by atoms with Crippen molar-refractivity contribution in [1.82, 2.24) is 0 Å². The second-order valence-electron chi connectivity index (χ2n) is 12.8. The van der Waals surface area contributed by atoms with Crippen molar-refractivity contribution in [2.24, 2.45) is 0 Å². The maximum Gasteiger partial charge on any atom is 0.330 e. The Morgan fingerprint density at radius 2 is 0.863 bits per heavy atom. The summed E-state index contributed by atoms with van der Waals surface area (Å²) in [6, 6.07) is 29.0. The van der Waals surface area contributed by atoms with Crippen LogP contribution in [-0.4, -0.2) is 36.2 Å². The zero-order valence-electron chi connectivity index (χ0n) is 30.6. The standard InChI is InChI=1S/C44H47NO6/c1-11-41(46)49-32(8)44(33(9)50-42(47)12-2,34(10)51-43(48)13-3)37-20-16-35(17-21-37)36-18-24-38(25-19-36)45(39-22-14-28(4)30(6)26-39)40-23-15-29(5)31(7)27-40/h11-27,32-34H,1-3H2,4-10H3. The van der Waals surface area contributed by atoms with Gasteiger partial charge in [-0.05, 0) is 124 Å². The number of anilines is 3. The highest BCUT2D eigenvalue weighted by Gasteiger charge is 2.53. The number of esters is 3. The number of rotatable bonds is 14. The average molecular weight is 686 g/mol. The molecule has 0 aliphatic carbocycles. The van der Waals surface area contributed by atoms with Gasteiger partial charge in [0.25, 0.3) is 0 Å². The van der Waals surface area contributed by atoms with E-state index >= 15 is 0 Å². The van der Waals surface area contributed by atoms with Gasteiger partial charge in [-0.3, -0.25) is 0 Å². The first-order valence-corrected chi connectivity index (χ1v) is 16.9. The predicted molar refractivity (Wildman–Crippen MR) is 204 cm³/mol. The maximum atomic E-state index is 12.5. The molecule has 0 aliphatic heterocycles. The van der Waals surface area contributed by atoms with Crippen LogP contribution in [-0.2, 0) is 34.0 Å². The van der Waals surface area contributed by atoms with Crippen molar-refractivity contribution in [2.75, 3.05) is 4.90 Å². The van der Waals surface area contributed by atoms with E-state index < -0.39 is 41.6 Å². The zero-order valence-corrected chi connectivity index (χ0v) is 30.6. The van der Waals surface area contributed by atoms with Crippen LogP contribution in [0.2, 0.25) is 0 Å². The summed E-state index contributed by atoms with van der Waals surface area (Å²) in [5.41, 5.74) is 9.22. The molecule has 0 N–H and O–H groups in total. The minimum Gasteiger partial charge on any atom is -0.458 e. The molecule has 3 unspecified atom stereocenters. The van der Waals surface area contributed by atoms with E-state index in [2.05, 4.69) is 113 Å². The van der Waals surface area contributed by atoms with Crippen molar-refractivity contribution in [3.63, 3.8) is 0 Å². The Hall–Kier alpha value is -5.69. The number of nitrogens with zero attached hydrogens (tertiary/aromatic N) is 1. The smallest absolute Gasteiger partial charge is 0.330 e. The summed E-state index contributed by atoms with van der Waals surface area (Å²) in [5, 5.41) is 0. The predicted octanol–water partition coefficient (Wildman–Crippen LogP) is 9.65. The molecule has 0 heterocycles. The van der Waals surface area contributed by atoms with E-state index in [0.29, 0.717) is 5.56 Å². The fourth-order valence-corrected chi connectivity index (χ4v) is 6.59. The number of ether oxygens (including phenoxy) is 3. The lowest BCUT2D eigenvalue weighted by Crippen LogP contribution is -2.58. The summed E-state index contributed by atoms with van der Waals surface area (Å²) in [5.74, 6) is -2.03. The van der Waals surface area contributed by atoms with Gasteiger partial charge in [-0.25, -0.2) is 14.4 Å². The van der Waals surface area contributed by atoms with Gasteiger partial charge in [-0.2, -0.15) is 0 Å². The van der Waals surface area contributed by atoms with E-state index in [1.807, 2.05) is 24.3 Å². The molecule has 264 valence electrons. The third kappa shape index (κ3) is 8.21. The SMILES string of the molecule is C=CC(=O)OC(C)C(c1ccc(-c2ccc(N(c3ccc(C)c(C)c3)c3ccc(C)c(C)c3)cc2)cc1)(C(C)OC(=O)C=C)C(C)OC(=O)C=C. The normalized spacial score (nSPS) is 13.8. The fraction of sp³-hybridized carbons (Fsp3) is 0.250. The van der Waals surface area contributed by atoms with E-state index in [4.69, 9.17) is 14.2 Å². The van der Waals surface area contributed by atoms with E-state index in [1.54, 1.807) is 20.8 Å². The topological polar surface area (TPSA) is 82.1 Å². The Bertz CT molecular complexity index is 1800. The minimum absolute atomic E-state index is 0.622. The minimum atomic E-state index is -1.34. The molecule has 0 fully saturated rings. The first-order valence-electron chi connectivity index (χ1n) is 16.9. The van der Waals surface area contributed by atoms with Gasteiger partial charge in [0, 0.05) is 35.3 Å². The number of hydrogen-bond donors (Lipinski definition) is 0. The monoisotopic (exact) mass is 685 g/mol. The van der Waals surface area contributed by atoms with Crippen LogP contribution in [0.5, 0.6) is 0 Å². The Kier molecular flexibility index (Phi) is 12.2. The molecule has 0 saturated heterocycles. The van der Waals surface area contributed by atoms with E-state index in [-0.39, 0.29) is 0 Å². The Balaban J connectivity index is 1.79. The van der Waals surface area contributed by atoms with Crippen molar-refractivity contribution in [3.8, 4) is 11.1 Å². The van der Waals surface area contributed by atoms with Crippen LogP contribution in [0.1, 0.15) is 48.6 Å². The molecule has 7 heteroatoms. The average Bonchev–Trinajstić information content (AvgIpc) is 3.12. The van der Waals surface area contributed by atoms with Gasteiger partial charge in [-0.1, -0.05) is 68.3 Å². The Morgan fingerprint density at radius 1 is 0.529 bits per heavy atom. The molecule has 0 aromatic heterocycles. The first-order chi connectivity index (χ1) is 24.3. The number of benzene rings is 4. The third-order valence-corrected chi connectivity index (χ3v) is 9.74. The van der Waals surface area contributed by atoms with Crippen LogP contribution in [0, 0.1) is 27.7 Å².